The molecule has 0 heterocycles. The van der Waals surface area contributed by atoms with Crippen LogP contribution in [0.5, 0.6) is 11.5 Å². The van der Waals surface area contributed by atoms with Crippen LogP contribution < -0.4 is 9.47 Å². The van der Waals surface area contributed by atoms with Crippen LogP contribution >= 0.6 is 0 Å². The highest BCUT2D eigenvalue weighted by Gasteiger charge is 2.25. The van der Waals surface area contributed by atoms with E-state index in [-0.39, 0.29) is 32.5 Å². The summed E-state index contributed by atoms with van der Waals surface area (Å²) >= 11 is 0. The monoisotopic (exact) mass is 596 g/mol. The summed E-state index contributed by atoms with van der Waals surface area (Å²) in [6.45, 7) is 8.05. The summed E-state index contributed by atoms with van der Waals surface area (Å²) in [5.41, 5.74) is 4.65. The quantitative estimate of drug-likeness (QED) is 0.0814. The van der Waals surface area contributed by atoms with Crippen LogP contribution in [0, 0.1) is 17.7 Å². The molecule has 0 saturated heterocycles. The second-order valence-corrected chi connectivity index (χ2v) is 10.2. The lowest BCUT2D eigenvalue weighted by Gasteiger charge is -2.13. The maximum absolute atomic E-state index is 14.5. The van der Waals surface area contributed by atoms with Gasteiger partial charge >= 0.3 is 6.18 Å². The largest absolute Gasteiger partial charge is 0.493 e. The number of benzene rings is 3. The van der Waals surface area contributed by atoms with Crippen molar-refractivity contribution in [3.63, 3.8) is 0 Å². The molecular formula is C35H36F4O4. The second kappa shape index (κ2) is 16.5. The lowest BCUT2D eigenvalue weighted by molar-refractivity contribution is -0.135. The number of ether oxygens (including phenoxy) is 2. The van der Waals surface area contributed by atoms with E-state index in [9.17, 15) is 27.8 Å². The van der Waals surface area contributed by atoms with Crippen LogP contribution in [0.1, 0.15) is 48.8 Å². The van der Waals surface area contributed by atoms with Gasteiger partial charge in [0.25, 0.3) is 0 Å². The van der Waals surface area contributed by atoms with E-state index in [0.29, 0.717) is 65.4 Å². The van der Waals surface area contributed by atoms with Gasteiger partial charge in [-0.05, 0) is 83.5 Å². The first-order valence-corrected chi connectivity index (χ1v) is 14.0. The fourth-order valence-corrected chi connectivity index (χ4v) is 4.05. The van der Waals surface area contributed by atoms with E-state index < -0.39 is 18.4 Å². The van der Waals surface area contributed by atoms with E-state index in [0.717, 1.165) is 11.1 Å². The Bertz CT molecular complexity index is 1390. The van der Waals surface area contributed by atoms with Gasteiger partial charge in [0.1, 0.15) is 17.3 Å². The Morgan fingerprint density at radius 2 is 1.28 bits per heavy atom. The molecule has 3 rings (SSSR count). The van der Waals surface area contributed by atoms with Gasteiger partial charge in [0.05, 0.1) is 26.4 Å². The number of aryl methyl sites for hydroxylation is 1. The zero-order valence-corrected chi connectivity index (χ0v) is 24.0. The third-order valence-electron chi connectivity index (χ3n) is 6.55. The summed E-state index contributed by atoms with van der Waals surface area (Å²) in [6.07, 6.45) is -3.57. The number of rotatable bonds is 15. The molecule has 0 radical (unpaired) electrons. The highest BCUT2D eigenvalue weighted by molar-refractivity contribution is 5.68. The minimum Gasteiger partial charge on any atom is -0.493 e. The van der Waals surface area contributed by atoms with Crippen molar-refractivity contribution in [1.82, 2.24) is 0 Å². The smallest absolute Gasteiger partial charge is 0.389 e. The summed E-state index contributed by atoms with van der Waals surface area (Å²) in [4.78, 5) is 0. The Hall–Kier alpha value is -4.06. The molecule has 0 unspecified atom stereocenters. The molecule has 0 aliphatic rings. The van der Waals surface area contributed by atoms with Crippen molar-refractivity contribution in [2.24, 2.45) is 0 Å². The van der Waals surface area contributed by atoms with Crippen LogP contribution in [0.4, 0.5) is 17.6 Å². The minimum absolute atomic E-state index is 0.0340. The van der Waals surface area contributed by atoms with E-state index in [1.807, 2.05) is 36.4 Å². The average molecular weight is 597 g/mol. The molecule has 4 nitrogen and oxygen atoms in total. The lowest BCUT2D eigenvalue weighted by atomic mass is 10.0. The van der Waals surface area contributed by atoms with Crippen molar-refractivity contribution in [2.75, 3.05) is 26.4 Å². The normalized spacial score (nSPS) is 11.0. The molecule has 3 aromatic carbocycles. The Morgan fingerprint density at radius 1 is 0.721 bits per heavy atom. The maximum Gasteiger partial charge on any atom is 0.389 e. The molecule has 8 heteroatoms. The molecule has 0 bridgehead atoms. The van der Waals surface area contributed by atoms with Gasteiger partial charge in [0, 0.05) is 36.5 Å². The Morgan fingerprint density at radius 3 is 1.81 bits per heavy atom. The van der Waals surface area contributed by atoms with Crippen LogP contribution in [0.2, 0.25) is 0 Å². The van der Waals surface area contributed by atoms with E-state index >= 15 is 0 Å². The van der Waals surface area contributed by atoms with Crippen LogP contribution in [0.15, 0.2) is 85.0 Å². The SMILES string of the molecule is C=C(CO)CCOc1cc(OCCC(=C)CO)cc(-c2ccc(C#Cc3ccc(CCCCC(F)(F)F)c(F)c3)cc2)c1. The molecular weight excluding hydrogens is 560 g/mol. The van der Waals surface area contributed by atoms with Crippen LogP contribution in [0.3, 0.4) is 0 Å². The summed E-state index contributed by atoms with van der Waals surface area (Å²) in [5.74, 6) is 6.66. The number of aliphatic hydroxyl groups excluding tert-OH is 2. The molecule has 43 heavy (non-hydrogen) atoms. The standard InChI is InChI=1S/C35H36F4O4/c1-25(23-40)14-17-42-32-20-31(21-33(22-32)43-18-15-26(2)24-41)29-11-8-27(9-12-29)6-7-28-10-13-30(34(36)19-28)5-3-4-16-35(37,38)39/h8-13,19-22,40-41H,1-5,14-18,23-24H2. The number of alkyl halides is 3. The van der Waals surface area contributed by atoms with Crippen molar-refractivity contribution < 1.29 is 37.2 Å². The molecule has 0 aromatic heterocycles. The summed E-state index contributed by atoms with van der Waals surface area (Å²) < 4.78 is 63.2. The van der Waals surface area contributed by atoms with Crippen molar-refractivity contribution in [3.8, 4) is 34.5 Å². The van der Waals surface area contributed by atoms with Crippen LogP contribution in [0.25, 0.3) is 11.1 Å². The van der Waals surface area contributed by atoms with Crippen molar-refractivity contribution in [1.29, 1.82) is 0 Å². The van der Waals surface area contributed by atoms with E-state index in [1.165, 1.54) is 6.07 Å². The van der Waals surface area contributed by atoms with Gasteiger partial charge in [-0.3, -0.25) is 0 Å². The summed E-state index contributed by atoms with van der Waals surface area (Å²) in [6, 6.07) is 17.6. The maximum atomic E-state index is 14.5. The van der Waals surface area contributed by atoms with Gasteiger partial charge in [-0.25, -0.2) is 4.39 Å². The summed E-state index contributed by atoms with van der Waals surface area (Å²) in [5, 5.41) is 18.4. The first-order valence-electron chi connectivity index (χ1n) is 14.0. The first kappa shape index (κ1) is 33.4. The molecule has 0 atom stereocenters. The number of unbranched alkanes of at least 4 members (excludes halogenated alkanes) is 1. The molecule has 3 aromatic rings. The van der Waals surface area contributed by atoms with Gasteiger partial charge in [-0.1, -0.05) is 43.2 Å². The number of hydrogen-bond donors (Lipinski definition) is 2. The van der Waals surface area contributed by atoms with Crippen molar-refractivity contribution in [2.45, 2.75) is 44.7 Å². The zero-order chi connectivity index (χ0) is 31.2. The molecule has 2 N–H and O–H groups in total. The number of hydrogen-bond acceptors (Lipinski definition) is 4. The van der Waals surface area contributed by atoms with E-state index in [4.69, 9.17) is 9.47 Å². The fraction of sp³-hybridized carbons (Fsp3) is 0.314. The number of halogens is 4. The average Bonchev–Trinajstić information content (AvgIpc) is 2.98. The molecule has 228 valence electrons. The molecule has 0 amide bonds. The van der Waals surface area contributed by atoms with Crippen LogP contribution in [-0.4, -0.2) is 42.8 Å². The van der Waals surface area contributed by atoms with Crippen LogP contribution in [-0.2, 0) is 6.42 Å². The Kier molecular flexibility index (Phi) is 12.9. The predicted molar refractivity (Wildman–Crippen MR) is 161 cm³/mol. The Balaban J connectivity index is 1.70. The predicted octanol–water partition coefficient (Wildman–Crippen LogP) is 7.80. The third-order valence-corrected chi connectivity index (χ3v) is 6.55. The third kappa shape index (κ3) is 12.0. The molecule has 0 aliphatic carbocycles. The van der Waals surface area contributed by atoms with Gasteiger partial charge in [-0.15, -0.1) is 0 Å². The van der Waals surface area contributed by atoms with E-state index in [1.54, 1.807) is 18.2 Å². The van der Waals surface area contributed by atoms with Gasteiger partial charge in [0.15, 0.2) is 0 Å². The van der Waals surface area contributed by atoms with E-state index in [2.05, 4.69) is 25.0 Å². The van der Waals surface area contributed by atoms with Crippen molar-refractivity contribution in [3.05, 3.63) is 107 Å². The van der Waals surface area contributed by atoms with Gasteiger partial charge < -0.3 is 19.7 Å². The lowest BCUT2D eigenvalue weighted by Crippen LogP contribution is -2.06. The summed E-state index contributed by atoms with van der Waals surface area (Å²) in [7, 11) is 0. The topological polar surface area (TPSA) is 58.9 Å². The second-order valence-electron chi connectivity index (χ2n) is 10.2. The molecule has 0 fully saturated rings. The fourth-order valence-electron chi connectivity index (χ4n) is 4.05. The van der Waals surface area contributed by atoms with Crippen molar-refractivity contribution >= 4 is 0 Å². The highest BCUT2D eigenvalue weighted by Crippen LogP contribution is 2.31. The molecule has 0 saturated carbocycles. The Labute approximate surface area is 250 Å². The highest BCUT2D eigenvalue weighted by atomic mass is 19.4. The number of aliphatic hydroxyl groups is 2. The molecule has 0 spiro atoms. The van der Waals surface area contributed by atoms with Gasteiger partial charge in [-0.2, -0.15) is 13.2 Å². The zero-order valence-electron chi connectivity index (χ0n) is 24.0. The first-order chi connectivity index (χ1) is 20.6. The molecule has 0 aliphatic heterocycles. The minimum atomic E-state index is -4.19. The van der Waals surface area contributed by atoms with Gasteiger partial charge in [0.2, 0.25) is 0 Å².